The van der Waals surface area contributed by atoms with Crippen molar-refractivity contribution in [3.8, 4) is 5.75 Å². The average molecular weight is 407 g/mol. The number of ether oxygens (including phenoxy) is 3. The summed E-state index contributed by atoms with van der Waals surface area (Å²) in [6.45, 7) is -0.452. The van der Waals surface area contributed by atoms with Gasteiger partial charge in [0.1, 0.15) is 5.75 Å². The summed E-state index contributed by atoms with van der Waals surface area (Å²) in [7, 11) is 1.31. The summed E-state index contributed by atoms with van der Waals surface area (Å²) >= 11 is 0. The van der Waals surface area contributed by atoms with Crippen LogP contribution in [0.1, 0.15) is 15.9 Å². The van der Waals surface area contributed by atoms with E-state index in [0.717, 1.165) is 16.3 Å². The molecule has 0 unspecified atom stereocenters. The minimum Gasteiger partial charge on any atom is -0.482 e. The number of amides is 1. The number of carbonyl (C=O) groups is 3. The summed E-state index contributed by atoms with van der Waals surface area (Å²) in [6, 6.07) is 19.9. The minimum atomic E-state index is -0.638. The highest BCUT2D eigenvalue weighted by Gasteiger charge is 2.09. The number of methoxy groups -OCH3 is 1. The monoisotopic (exact) mass is 407 g/mol. The molecule has 3 rings (SSSR count). The van der Waals surface area contributed by atoms with E-state index in [1.807, 2.05) is 36.4 Å². The van der Waals surface area contributed by atoms with E-state index < -0.39 is 24.5 Å². The van der Waals surface area contributed by atoms with E-state index in [4.69, 9.17) is 9.47 Å². The lowest BCUT2D eigenvalue weighted by molar-refractivity contribution is -0.150. The molecule has 7 heteroatoms. The number of benzene rings is 3. The van der Waals surface area contributed by atoms with Crippen molar-refractivity contribution in [3.05, 3.63) is 77.9 Å². The molecule has 154 valence electrons. The van der Waals surface area contributed by atoms with Crippen LogP contribution in [0.25, 0.3) is 10.8 Å². The first-order valence-corrected chi connectivity index (χ1v) is 9.26. The van der Waals surface area contributed by atoms with Gasteiger partial charge in [0.15, 0.2) is 13.2 Å². The summed E-state index contributed by atoms with van der Waals surface area (Å²) in [6.07, 6.45) is 0. The first-order chi connectivity index (χ1) is 14.5. The Bertz CT molecular complexity index is 1050. The van der Waals surface area contributed by atoms with Gasteiger partial charge in [-0.15, -0.1) is 0 Å². The molecule has 0 aromatic heterocycles. The molecule has 3 aromatic rings. The smallest absolute Gasteiger partial charge is 0.344 e. The van der Waals surface area contributed by atoms with Crippen LogP contribution < -0.4 is 10.1 Å². The quantitative estimate of drug-likeness (QED) is 0.578. The minimum absolute atomic E-state index is 0.241. The molecule has 0 spiro atoms. The number of hydrogen-bond acceptors (Lipinski definition) is 6. The normalized spacial score (nSPS) is 10.3. The molecule has 3 aromatic carbocycles. The van der Waals surface area contributed by atoms with Crippen molar-refractivity contribution < 1.29 is 28.6 Å². The maximum absolute atomic E-state index is 11.9. The van der Waals surface area contributed by atoms with Crippen LogP contribution in [0.2, 0.25) is 0 Å². The molecule has 1 N–H and O–H groups in total. The number of carbonyl (C=O) groups excluding carboxylic acids is 3. The van der Waals surface area contributed by atoms with Gasteiger partial charge >= 0.3 is 11.9 Å². The van der Waals surface area contributed by atoms with Gasteiger partial charge in [-0.1, -0.05) is 42.5 Å². The zero-order chi connectivity index (χ0) is 21.3. The third-order valence-corrected chi connectivity index (χ3v) is 4.31. The number of esters is 2. The van der Waals surface area contributed by atoms with Gasteiger partial charge in [-0.2, -0.15) is 0 Å². The molecular formula is C23H21NO6. The van der Waals surface area contributed by atoms with E-state index in [1.54, 1.807) is 30.3 Å². The van der Waals surface area contributed by atoms with Crippen LogP contribution in [0.4, 0.5) is 0 Å². The van der Waals surface area contributed by atoms with Crippen LogP contribution >= 0.6 is 0 Å². The molecule has 1 amide bonds. The van der Waals surface area contributed by atoms with E-state index >= 15 is 0 Å². The standard InChI is InChI=1S/C23H21NO6/c1-28-23(27)18-8-6-16(7-9-18)13-24-21(25)14-30-22(26)15-29-20-11-10-17-4-2-3-5-19(17)12-20/h2-12H,13-15H2,1H3,(H,24,25). The Balaban J connectivity index is 1.38. The zero-order valence-corrected chi connectivity index (χ0v) is 16.4. The number of fused-ring (bicyclic) bond motifs is 1. The third kappa shape index (κ3) is 5.81. The van der Waals surface area contributed by atoms with Crippen LogP contribution in [0, 0.1) is 0 Å². The molecule has 0 aliphatic carbocycles. The molecule has 0 saturated carbocycles. The van der Waals surface area contributed by atoms with Gasteiger partial charge in [0.2, 0.25) is 0 Å². The lowest BCUT2D eigenvalue weighted by Gasteiger charge is -2.09. The van der Waals surface area contributed by atoms with Crippen molar-refractivity contribution in [2.75, 3.05) is 20.3 Å². The van der Waals surface area contributed by atoms with E-state index in [1.165, 1.54) is 7.11 Å². The number of hydrogen-bond donors (Lipinski definition) is 1. The maximum atomic E-state index is 11.9. The predicted molar refractivity (Wildman–Crippen MR) is 110 cm³/mol. The Morgan fingerprint density at radius 2 is 1.60 bits per heavy atom. The first kappa shape index (κ1) is 20.9. The fourth-order valence-electron chi connectivity index (χ4n) is 2.72. The predicted octanol–water partition coefficient (Wildman–Crippen LogP) is 2.86. The lowest BCUT2D eigenvalue weighted by Crippen LogP contribution is -2.29. The summed E-state index contributed by atoms with van der Waals surface area (Å²) in [5, 5.41) is 4.71. The highest BCUT2D eigenvalue weighted by Crippen LogP contribution is 2.20. The summed E-state index contributed by atoms with van der Waals surface area (Å²) in [5.41, 5.74) is 1.22. The van der Waals surface area contributed by atoms with Gasteiger partial charge in [0, 0.05) is 6.54 Å². The van der Waals surface area contributed by atoms with Gasteiger partial charge in [0.25, 0.3) is 5.91 Å². The Kier molecular flexibility index (Phi) is 7.00. The SMILES string of the molecule is COC(=O)c1ccc(CNC(=O)COC(=O)COc2ccc3ccccc3c2)cc1. The van der Waals surface area contributed by atoms with Crippen LogP contribution in [0.5, 0.6) is 5.75 Å². The second-order valence-corrected chi connectivity index (χ2v) is 6.42. The van der Waals surface area contributed by atoms with Gasteiger partial charge in [-0.05, 0) is 40.6 Å². The van der Waals surface area contributed by atoms with Crippen molar-refractivity contribution in [1.29, 1.82) is 0 Å². The van der Waals surface area contributed by atoms with Crippen molar-refractivity contribution in [2.45, 2.75) is 6.54 Å². The zero-order valence-electron chi connectivity index (χ0n) is 16.4. The number of rotatable bonds is 8. The molecule has 0 heterocycles. The van der Waals surface area contributed by atoms with Crippen LogP contribution in [-0.4, -0.2) is 38.2 Å². The van der Waals surface area contributed by atoms with Gasteiger partial charge in [-0.3, -0.25) is 4.79 Å². The average Bonchev–Trinajstić information content (AvgIpc) is 2.79. The Hall–Kier alpha value is -3.87. The molecular weight excluding hydrogens is 386 g/mol. The third-order valence-electron chi connectivity index (χ3n) is 4.31. The second-order valence-electron chi connectivity index (χ2n) is 6.42. The largest absolute Gasteiger partial charge is 0.482 e. The maximum Gasteiger partial charge on any atom is 0.344 e. The fourth-order valence-corrected chi connectivity index (χ4v) is 2.72. The van der Waals surface area contributed by atoms with E-state index in [2.05, 4.69) is 10.1 Å². The summed E-state index contributed by atoms with van der Waals surface area (Å²) < 4.78 is 15.0. The van der Waals surface area contributed by atoms with E-state index in [9.17, 15) is 14.4 Å². The molecule has 7 nitrogen and oxygen atoms in total. The molecule has 0 fully saturated rings. The lowest BCUT2D eigenvalue weighted by atomic mass is 10.1. The fraction of sp³-hybridized carbons (Fsp3) is 0.174. The second kappa shape index (κ2) is 10.1. The molecule has 30 heavy (non-hydrogen) atoms. The van der Waals surface area contributed by atoms with Crippen LogP contribution in [0.3, 0.4) is 0 Å². The molecule has 0 aliphatic heterocycles. The molecule has 0 bridgehead atoms. The number of nitrogens with one attached hydrogen (secondary N) is 1. The Labute approximate surface area is 173 Å². The van der Waals surface area contributed by atoms with Gasteiger partial charge < -0.3 is 19.5 Å². The highest BCUT2D eigenvalue weighted by molar-refractivity contribution is 5.89. The van der Waals surface area contributed by atoms with Crippen molar-refractivity contribution in [2.24, 2.45) is 0 Å². The summed E-state index contributed by atoms with van der Waals surface area (Å²) in [4.78, 5) is 35.1. The van der Waals surface area contributed by atoms with Gasteiger partial charge in [-0.25, -0.2) is 9.59 Å². The Morgan fingerprint density at radius 1 is 0.867 bits per heavy atom. The summed E-state index contributed by atoms with van der Waals surface area (Å²) in [5.74, 6) is -0.958. The first-order valence-electron chi connectivity index (χ1n) is 9.26. The van der Waals surface area contributed by atoms with E-state index in [0.29, 0.717) is 11.3 Å². The molecule has 0 saturated heterocycles. The van der Waals surface area contributed by atoms with E-state index in [-0.39, 0.29) is 13.2 Å². The highest BCUT2D eigenvalue weighted by atomic mass is 16.6. The van der Waals surface area contributed by atoms with Crippen LogP contribution in [0.15, 0.2) is 66.7 Å². The van der Waals surface area contributed by atoms with Crippen LogP contribution in [-0.2, 0) is 25.6 Å². The molecule has 0 radical (unpaired) electrons. The van der Waals surface area contributed by atoms with Crippen molar-refractivity contribution >= 4 is 28.6 Å². The molecule has 0 aliphatic rings. The van der Waals surface area contributed by atoms with Gasteiger partial charge in [0.05, 0.1) is 12.7 Å². The topological polar surface area (TPSA) is 90.9 Å². The van der Waals surface area contributed by atoms with Crippen molar-refractivity contribution in [3.63, 3.8) is 0 Å². The van der Waals surface area contributed by atoms with Crippen molar-refractivity contribution in [1.82, 2.24) is 5.32 Å². The molecule has 0 atom stereocenters. The Morgan fingerprint density at radius 3 is 2.33 bits per heavy atom.